The van der Waals surface area contributed by atoms with Crippen molar-refractivity contribution in [1.82, 2.24) is 0 Å². The lowest BCUT2D eigenvalue weighted by Crippen LogP contribution is -3.00. The van der Waals surface area contributed by atoms with Gasteiger partial charge in [0.15, 0.2) is 6.10 Å². The first-order chi connectivity index (χ1) is 7.65. The molecule has 0 heterocycles. The van der Waals surface area contributed by atoms with Gasteiger partial charge in [-0.1, -0.05) is 13.8 Å². The highest BCUT2D eigenvalue weighted by Crippen LogP contribution is 2.10. The van der Waals surface area contributed by atoms with Crippen LogP contribution < -0.4 is 12.4 Å². The van der Waals surface area contributed by atoms with Gasteiger partial charge in [-0.25, -0.2) is 0 Å². The van der Waals surface area contributed by atoms with Crippen LogP contribution in [0.2, 0.25) is 0 Å². The summed E-state index contributed by atoms with van der Waals surface area (Å²) in [6.07, 6.45) is -0.00487. The van der Waals surface area contributed by atoms with Gasteiger partial charge in [0, 0.05) is 0 Å². The third kappa shape index (κ3) is 9.24. The summed E-state index contributed by atoms with van der Waals surface area (Å²) in [6, 6.07) is 0. The van der Waals surface area contributed by atoms with Gasteiger partial charge in [-0.3, -0.25) is 9.59 Å². The fraction of sp³-hybridized carbons (Fsp3) is 0.833. The largest absolute Gasteiger partial charge is 1.00 e. The Bertz CT molecular complexity index is 276. The zero-order valence-corrected chi connectivity index (χ0v) is 12.5. The first-order valence-electron chi connectivity index (χ1n) is 5.88. The number of likely N-dealkylation sites (N-methyl/N-ethyl adjacent to an activating group) is 1. The molecule has 0 spiro atoms. The molecule has 0 fully saturated rings. The van der Waals surface area contributed by atoms with E-state index < -0.39 is 12.1 Å². The van der Waals surface area contributed by atoms with Crippen molar-refractivity contribution in [1.29, 1.82) is 0 Å². The minimum Gasteiger partial charge on any atom is -1.00 e. The molecule has 1 N–H and O–H groups in total. The Kier molecular flexibility index (Phi) is 9.03. The van der Waals surface area contributed by atoms with E-state index in [1.165, 1.54) is 0 Å². The van der Waals surface area contributed by atoms with E-state index in [0.717, 1.165) is 0 Å². The molecule has 108 valence electrons. The fourth-order valence-electron chi connectivity index (χ4n) is 1.40. The van der Waals surface area contributed by atoms with Gasteiger partial charge >= 0.3 is 11.9 Å². The van der Waals surface area contributed by atoms with Crippen LogP contribution in [0.25, 0.3) is 0 Å². The summed E-state index contributed by atoms with van der Waals surface area (Å²) in [7, 11) is 5.81. The quantitative estimate of drug-likeness (QED) is 0.439. The van der Waals surface area contributed by atoms with Crippen LogP contribution in [0.15, 0.2) is 0 Å². The third-order valence-electron chi connectivity index (χ3n) is 2.45. The van der Waals surface area contributed by atoms with Crippen molar-refractivity contribution in [2.45, 2.75) is 32.8 Å². The number of carbonyl (C=O) groups excluding carboxylic acids is 1. The SMILES string of the molecule is CCC(C)C(=O)O[C@H](CC(=O)O)C[N+](C)(C)C.[Cl-]. The van der Waals surface area contributed by atoms with Gasteiger partial charge in [-0.2, -0.15) is 0 Å². The minimum absolute atomic E-state index is 0. The number of rotatable bonds is 7. The molecule has 0 aliphatic rings. The monoisotopic (exact) mass is 281 g/mol. The molecule has 0 radical (unpaired) electrons. The molecule has 0 aliphatic carbocycles. The number of ether oxygens (including phenoxy) is 1. The molecule has 0 aliphatic heterocycles. The Labute approximate surface area is 115 Å². The lowest BCUT2D eigenvalue weighted by atomic mass is 10.1. The maximum atomic E-state index is 11.6. The molecule has 0 rings (SSSR count). The van der Waals surface area contributed by atoms with Crippen LogP contribution in [0, 0.1) is 5.92 Å². The van der Waals surface area contributed by atoms with Crippen molar-refractivity contribution in [3.63, 3.8) is 0 Å². The number of halogens is 1. The predicted octanol–water partition coefficient (Wildman–Crippen LogP) is -1.87. The molecule has 0 bridgehead atoms. The normalized spacial score (nSPS) is 14.3. The number of carboxylic acids is 1. The second-order valence-corrected chi connectivity index (χ2v) is 5.44. The third-order valence-corrected chi connectivity index (χ3v) is 2.45. The lowest BCUT2D eigenvalue weighted by Gasteiger charge is -2.28. The van der Waals surface area contributed by atoms with Crippen LogP contribution >= 0.6 is 0 Å². The standard InChI is InChI=1S/C12H23NO4.ClH/c1-6-9(2)12(16)17-10(7-11(14)15)8-13(3,4)5;/h9-10H,6-8H2,1-5H3;1H/t9?,10-;/m1./s1. The molecular formula is C12H24ClNO4. The van der Waals surface area contributed by atoms with Crippen LogP contribution in [0.4, 0.5) is 0 Å². The zero-order valence-electron chi connectivity index (χ0n) is 11.8. The second-order valence-electron chi connectivity index (χ2n) is 5.44. The van der Waals surface area contributed by atoms with Gasteiger partial charge in [0.05, 0.1) is 33.5 Å². The molecule has 0 aromatic heterocycles. The van der Waals surface area contributed by atoms with Crippen molar-refractivity contribution in [2.75, 3.05) is 27.7 Å². The topological polar surface area (TPSA) is 63.6 Å². The van der Waals surface area contributed by atoms with E-state index in [1.807, 2.05) is 28.1 Å². The molecule has 5 nitrogen and oxygen atoms in total. The van der Waals surface area contributed by atoms with E-state index in [9.17, 15) is 9.59 Å². The van der Waals surface area contributed by atoms with Gasteiger partial charge < -0.3 is 26.7 Å². The maximum absolute atomic E-state index is 11.6. The average molecular weight is 282 g/mol. The Hall–Kier alpha value is -0.810. The lowest BCUT2D eigenvalue weighted by molar-refractivity contribution is -0.873. The van der Waals surface area contributed by atoms with Gasteiger partial charge in [0.2, 0.25) is 0 Å². The summed E-state index contributed by atoms with van der Waals surface area (Å²) >= 11 is 0. The van der Waals surface area contributed by atoms with Crippen molar-refractivity contribution >= 4 is 11.9 Å². The molecule has 0 amide bonds. The smallest absolute Gasteiger partial charge is 0.309 e. The first kappa shape index (κ1) is 19.5. The summed E-state index contributed by atoms with van der Waals surface area (Å²) in [4.78, 5) is 22.3. The molecule has 2 atom stereocenters. The first-order valence-corrected chi connectivity index (χ1v) is 5.88. The van der Waals surface area contributed by atoms with E-state index in [0.29, 0.717) is 17.4 Å². The van der Waals surface area contributed by atoms with E-state index in [1.54, 1.807) is 6.92 Å². The van der Waals surface area contributed by atoms with Crippen LogP contribution in [0.3, 0.4) is 0 Å². The van der Waals surface area contributed by atoms with Gasteiger partial charge in [-0.15, -0.1) is 0 Å². The Morgan fingerprint density at radius 1 is 1.28 bits per heavy atom. The predicted molar refractivity (Wildman–Crippen MR) is 64.5 cm³/mol. The molecule has 0 aromatic carbocycles. The minimum atomic E-state index is -0.944. The fourth-order valence-corrected chi connectivity index (χ4v) is 1.40. The van der Waals surface area contributed by atoms with E-state index in [-0.39, 0.29) is 30.7 Å². The van der Waals surface area contributed by atoms with Crippen molar-refractivity contribution in [3.8, 4) is 0 Å². The average Bonchev–Trinajstić information content (AvgIpc) is 2.12. The molecular weight excluding hydrogens is 258 g/mol. The number of aliphatic carboxylic acids is 1. The highest BCUT2D eigenvalue weighted by molar-refractivity contribution is 5.73. The van der Waals surface area contributed by atoms with Gasteiger partial charge in [0.25, 0.3) is 0 Å². The molecule has 18 heavy (non-hydrogen) atoms. The van der Waals surface area contributed by atoms with Crippen LogP contribution in [0.5, 0.6) is 0 Å². The number of nitrogens with zero attached hydrogens (tertiary/aromatic N) is 1. The summed E-state index contributed by atoms with van der Waals surface area (Å²) in [6.45, 7) is 4.18. The molecule has 0 saturated carbocycles. The van der Waals surface area contributed by atoms with Crippen molar-refractivity contribution in [3.05, 3.63) is 0 Å². The molecule has 1 unspecified atom stereocenters. The van der Waals surface area contributed by atoms with Gasteiger partial charge in [0.1, 0.15) is 6.54 Å². The number of carboxylic acid groups (broad SMARTS) is 1. The van der Waals surface area contributed by atoms with E-state index in [4.69, 9.17) is 9.84 Å². The van der Waals surface area contributed by atoms with Crippen LogP contribution in [-0.2, 0) is 14.3 Å². The van der Waals surface area contributed by atoms with Crippen LogP contribution in [0.1, 0.15) is 26.7 Å². The Morgan fingerprint density at radius 3 is 2.11 bits per heavy atom. The van der Waals surface area contributed by atoms with E-state index in [2.05, 4.69) is 0 Å². The summed E-state index contributed by atoms with van der Waals surface area (Å²) < 4.78 is 5.82. The maximum Gasteiger partial charge on any atom is 0.309 e. The highest BCUT2D eigenvalue weighted by atomic mass is 35.5. The summed E-state index contributed by atoms with van der Waals surface area (Å²) in [5, 5.41) is 8.79. The number of esters is 1. The number of quaternary nitrogens is 1. The van der Waals surface area contributed by atoms with Crippen molar-refractivity contribution in [2.24, 2.45) is 5.92 Å². The Balaban J connectivity index is 0. The molecule has 0 aromatic rings. The van der Waals surface area contributed by atoms with Crippen molar-refractivity contribution < 1.29 is 36.3 Å². The van der Waals surface area contributed by atoms with E-state index >= 15 is 0 Å². The summed E-state index contributed by atoms with van der Waals surface area (Å²) in [5.74, 6) is -1.44. The Morgan fingerprint density at radius 2 is 1.78 bits per heavy atom. The van der Waals surface area contributed by atoms with Gasteiger partial charge in [-0.05, 0) is 6.42 Å². The zero-order chi connectivity index (χ0) is 13.6. The molecule has 6 heteroatoms. The number of carbonyl (C=O) groups is 2. The number of hydrogen-bond acceptors (Lipinski definition) is 3. The summed E-state index contributed by atoms with van der Waals surface area (Å²) in [5.41, 5.74) is 0. The molecule has 0 saturated heterocycles. The van der Waals surface area contributed by atoms with Crippen LogP contribution in [-0.4, -0.2) is 55.3 Å². The highest BCUT2D eigenvalue weighted by Gasteiger charge is 2.26. The number of hydrogen-bond donors (Lipinski definition) is 1. The second kappa shape index (κ2) is 8.32.